The van der Waals surface area contributed by atoms with Crippen LogP contribution >= 0.6 is 22.6 Å². The van der Waals surface area contributed by atoms with E-state index >= 15 is 0 Å². The van der Waals surface area contributed by atoms with Gasteiger partial charge in [-0.25, -0.2) is 13.1 Å². The van der Waals surface area contributed by atoms with Crippen molar-refractivity contribution in [1.82, 2.24) is 4.72 Å². The molecule has 37 heavy (non-hydrogen) atoms. The van der Waals surface area contributed by atoms with Gasteiger partial charge in [0.05, 0.1) is 18.0 Å². The Hall–Kier alpha value is -1.13. The number of esters is 1. The smallest absolute Gasteiger partial charge is 0.496 e. The zero-order chi connectivity index (χ0) is 26.1. The standard InChI is InChI=1S/C23H23INO5S.C5H5.Fe/c1-15-11-13-17(14-12-15)31(27,28)25-22(18-8-6-9-20(18)24)23(30-16(2)26)19-7-4-5-10-21(19)29-3;1-2-4-5-3-1;/h4-14,22-23,25H,1-3H3;1-5H;/q;;+2/t22-,23+;;/m1../s1. The van der Waals surface area contributed by atoms with Gasteiger partial charge in [-0.2, -0.15) is 0 Å². The van der Waals surface area contributed by atoms with E-state index in [1.807, 2.05) is 58.3 Å². The molecule has 2 aromatic carbocycles. The van der Waals surface area contributed by atoms with E-state index in [1.54, 1.807) is 48.5 Å². The van der Waals surface area contributed by atoms with Gasteiger partial charge in [0.2, 0.25) is 10.0 Å². The Labute approximate surface area is 246 Å². The van der Waals surface area contributed by atoms with Gasteiger partial charge < -0.3 is 9.47 Å². The SMILES string of the molecule is COc1ccccc1[C@H](OC(C)=O)[C@H](NS(=O)(=O)c1ccc(C)cc1)[C]1[CH][CH][CH][C]1I.[CH]1[CH][CH][CH][CH]1.[Fe+2]. The number of carbonyl (C=O) groups is 1. The quantitative estimate of drug-likeness (QED) is 0.239. The first-order valence-electron chi connectivity index (χ1n) is 11.2. The van der Waals surface area contributed by atoms with E-state index in [1.165, 1.54) is 14.0 Å². The van der Waals surface area contributed by atoms with Crippen molar-refractivity contribution < 1.29 is 39.8 Å². The van der Waals surface area contributed by atoms with Crippen LogP contribution in [0.15, 0.2) is 53.4 Å². The Morgan fingerprint density at radius 2 is 1.51 bits per heavy atom. The molecule has 2 aliphatic carbocycles. The number of rotatable bonds is 8. The number of carbonyl (C=O) groups excluding carboxylic acids is 1. The number of aryl methyl sites for hydroxylation is 1. The second-order valence-electron chi connectivity index (χ2n) is 7.98. The van der Waals surface area contributed by atoms with Crippen LogP contribution < -0.4 is 9.46 Å². The molecule has 0 aromatic heterocycles. The number of methoxy groups -OCH3 is 1. The molecule has 0 spiro atoms. The van der Waals surface area contributed by atoms with Crippen LogP contribution in [0.25, 0.3) is 0 Å². The third-order valence-electron chi connectivity index (χ3n) is 5.34. The van der Waals surface area contributed by atoms with Crippen molar-refractivity contribution in [1.29, 1.82) is 0 Å². The summed E-state index contributed by atoms with van der Waals surface area (Å²) < 4.78 is 41.2. The van der Waals surface area contributed by atoms with Gasteiger partial charge in [-0.1, -0.05) is 58.5 Å². The molecule has 0 amide bonds. The van der Waals surface area contributed by atoms with Crippen LogP contribution in [0, 0.1) is 68.1 Å². The normalized spacial score (nSPS) is 17.7. The van der Waals surface area contributed by atoms with Gasteiger partial charge in [0, 0.05) is 22.3 Å². The van der Waals surface area contributed by atoms with Crippen LogP contribution in [-0.4, -0.2) is 27.5 Å². The molecule has 2 atom stereocenters. The van der Waals surface area contributed by atoms with Crippen LogP contribution in [0.5, 0.6) is 5.75 Å². The van der Waals surface area contributed by atoms with Crippen molar-refractivity contribution in [2.75, 3.05) is 7.11 Å². The Kier molecular flexibility index (Phi) is 13.4. The second-order valence-corrected chi connectivity index (χ2v) is 10.9. The van der Waals surface area contributed by atoms with Crippen molar-refractivity contribution in [2.24, 2.45) is 0 Å². The fourth-order valence-electron chi connectivity index (χ4n) is 3.62. The van der Waals surface area contributed by atoms with E-state index in [-0.39, 0.29) is 22.0 Å². The zero-order valence-corrected chi connectivity index (χ0v) is 24.7. The number of para-hydroxylation sites is 1. The molecule has 194 valence electrons. The summed E-state index contributed by atoms with van der Waals surface area (Å²) in [7, 11) is -2.40. The number of hydrogen-bond donors (Lipinski definition) is 1. The maximum atomic E-state index is 13.3. The fraction of sp³-hybridized carbons (Fsp3) is 0.179. The molecule has 0 bridgehead atoms. The van der Waals surface area contributed by atoms with Crippen molar-refractivity contribution in [2.45, 2.75) is 30.9 Å². The molecule has 2 fully saturated rings. The minimum absolute atomic E-state index is 0. The predicted octanol–water partition coefficient (Wildman–Crippen LogP) is 5.14. The van der Waals surface area contributed by atoms with Crippen molar-refractivity contribution >= 4 is 38.6 Å². The molecule has 2 aromatic rings. The van der Waals surface area contributed by atoms with Crippen LogP contribution in [0.4, 0.5) is 0 Å². The van der Waals surface area contributed by atoms with Crippen molar-refractivity contribution in [3.63, 3.8) is 0 Å². The molecular weight excluding hydrogens is 645 g/mol. The summed E-state index contributed by atoms with van der Waals surface area (Å²) in [6, 6.07) is 12.8. The third kappa shape index (κ3) is 9.24. The molecule has 4 rings (SSSR count). The van der Waals surface area contributed by atoms with E-state index < -0.39 is 28.1 Å². The van der Waals surface area contributed by atoms with E-state index in [0.717, 1.165) is 9.49 Å². The molecule has 9 heteroatoms. The Balaban J connectivity index is 0.000000716. The Bertz CT molecular complexity index is 1080. The fourth-order valence-corrected chi connectivity index (χ4v) is 5.56. The molecule has 0 saturated heterocycles. The molecule has 2 aliphatic rings. The number of hydrogen-bond acceptors (Lipinski definition) is 5. The number of nitrogens with one attached hydrogen (secondary N) is 1. The molecule has 0 unspecified atom stereocenters. The van der Waals surface area contributed by atoms with Gasteiger partial charge >= 0.3 is 23.0 Å². The molecular formula is C28H28FeINO5S+2. The maximum Gasteiger partial charge on any atom is 2.00 e. The molecule has 0 heterocycles. The maximum absolute atomic E-state index is 13.3. The van der Waals surface area contributed by atoms with E-state index in [4.69, 9.17) is 9.47 Å². The van der Waals surface area contributed by atoms with Gasteiger partial charge in [-0.05, 0) is 76.5 Å². The number of ether oxygens (including phenoxy) is 2. The number of benzene rings is 2. The predicted molar refractivity (Wildman–Crippen MR) is 148 cm³/mol. The van der Waals surface area contributed by atoms with Gasteiger partial charge in [0.25, 0.3) is 0 Å². The minimum Gasteiger partial charge on any atom is -0.496 e. The van der Waals surface area contributed by atoms with Gasteiger partial charge in [0.15, 0.2) is 0 Å². The summed E-state index contributed by atoms with van der Waals surface area (Å²) >= 11 is 2.14. The Morgan fingerprint density at radius 1 is 0.919 bits per heavy atom. The Morgan fingerprint density at radius 3 is 2.03 bits per heavy atom. The molecule has 6 nitrogen and oxygen atoms in total. The first kappa shape index (κ1) is 32.1. The average molecular weight is 673 g/mol. The van der Waals surface area contributed by atoms with Crippen LogP contribution in [0.3, 0.4) is 0 Å². The van der Waals surface area contributed by atoms with Gasteiger partial charge in [0.1, 0.15) is 11.9 Å². The average Bonchev–Trinajstić information content (AvgIpc) is 3.57. The first-order chi connectivity index (χ1) is 17.2. The van der Waals surface area contributed by atoms with Crippen molar-refractivity contribution in [3.8, 4) is 5.75 Å². The monoisotopic (exact) mass is 673 g/mol. The molecule has 2 saturated carbocycles. The molecule has 10 radical (unpaired) electrons. The van der Waals surface area contributed by atoms with Crippen LogP contribution in [-0.2, 0) is 36.6 Å². The molecule has 0 aliphatic heterocycles. The second kappa shape index (κ2) is 15.5. The number of sulfonamides is 1. The summed E-state index contributed by atoms with van der Waals surface area (Å²) in [5, 5.41) is 0. The van der Waals surface area contributed by atoms with E-state index in [0.29, 0.717) is 17.2 Å². The summed E-state index contributed by atoms with van der Waals surface area (Å²) in [6.07, 6.45) is 14.6. The van der Waals surface area contributed by atoms with Crippen molar-refractivity contribution in [3.05, 3.63) is 121 Å². The van der Waals surface area contributed by atoms with Crippen LogP contribution in [0.1, 0.15) is 24.2 Å². The van der Waals surface area contributed by atoms with E-state index in [2.05, 4.69) is 27.3 Å². The first-order valence-corrected chi connectivity index (χ1v) is 13.8. The van der Waals surface area contributed by atoms with Gasteiger partial charge in [-0.15, -0.1) is 0 Å². The topological polar surface area (TPSA) is 81.7 Å². The van der Waals surface area contributed by atoms with Crippen LogP contribution in [0.2, 0.25) is 0 Å². The number of halogens is 1. The summed E-state index contributed by atoms with van der Waals surface area (Å²) in [5.74, 6) is 0.667. The summed E-state index contributed by atoms with van der Waals surface area (Å²) in [4.78, 5) is 12.1. The largest absolute Gasteiger partial charge is 2.00 e. The van der Waals surface area contributed by atoms with E-state index in [9.17, 15) is 13.2 Å². The third-order valence-corrected chi connectivity index (χ3v) is 7.78. The summed E-state index contributed by atoms with van der Waals surface area (Å²) in [5.41, 5.74) is 1.52. The van der Waals surface area contributed by atoms with Gasteiger partial charge in [-0.3, -0.25) is 4.79 Å². The molecule has 1 N–H and O–H groups in total. The zero-order valence-electron chi connectivity index (χ0n) is 20.6. The minimum atomic E-state index is -3.91. The summed E-state index contributed by atoms with van der Waals surface area (Å²) in [6.45, 7) is 3.18.